The molecule has 0 fully saturated rings. The Balaban J connectivity index is 1.92. The number of fused-ring (bicyclic) bond motifs is 1. The van der Waals surface area contributed by atoms with E-state index in [-0.39, 0.29) is 18.1 Å². The van der Waals surface area contributed by atoms with E-state index in [1.165, 1.54) is 12.1 Å². The SMILES string of the molecule is CC(O)(CC(=O)Nc1nc2ccc(OC(F)F)cc2n1C(C)(C)C)c1ccccc1. The third-order valence-corrected chi connectivity index (χ3v) is 4.67. The quantitative estimate of drug-likeness (QED) is 0.613. The molecule has 30 heavy (non-hydrogen) atoms. The molecule has 0 saturated heterocycles. The predicted octanol–water partition coefficient (Wildman–Crippen LogP) is 4.63. The van der Waals surface area contributed by atoms with E-state index < -0.39 is 23.7 Å². The van der Waals surface area contributed by atoms with Crippen LogP contribution in [0.15, 0.2) is 48.5 Å². The molecular weight excluding hydrogens is 392 g/mol. The number of hydrogen-bond acceptors (Lipinski definition) is 4. The molecule has 0 aliphatic carbocycles. The van der Waals surface area contributed by atoms with Crippen LogP contribution >= 0.6 is 0 Å². The summed E-state index contributed by atoms with van der Waals surface area (Å²) in [4.78, 5) is 17.2. The zero-order valence-corrected chi connectivity index (χ0v) is 17.3. The predicted molar refractivity (Wildman–Crippen MR) is 111 cm³/mol. The highest BCUT2D eigenvalue weighted by Gasteiger charge is 2.29. The molecule has 1 amide bonds. The van der Waals surface area contributed by atoms with Crippen LogP contribution in [0.1, 0.15) is 39.7 Å². The summed E-state index contributed by atoms with van der Waals surface area (Å²) >= 11 is 0. The van der Waals surface area contributed by atoms with E-state index in [1.807, 2.05) is 26.8 Å². The van der Waals surface area contributed by atoms with Crippen molar-refractivity contribution in [2.45, 2.75) is 51.9 Å². The maximum Gasteiger partial charge on any atom is 0.387 e. The van der Waals surface area contributed by atoms with Gasteiger partial charge < -0.3 is 14.4 Å². The van der Waals surface area contributed by atoms with E-state index in [9.17, 15) is 18.7 Å². The molecule has 0 radical (unpaired) electrons. The first-order valence-electron chi connectivity index (χ1n) is 9.53. The maximum absolute atomic E-state index is 12.7. The average Bonchev–Trinajstić information content (AvgIpc) is 2.98. The fourth-order valence-corrected chi connectivity index (χ4v) is 3.37. The molecule has 8 heteroatoms. The second kappa shape index (κ2) is 8.02. The second-order valence-electron chi connectivity index (χ2n) is 8.34. The number of nitrogens with zero attached hydrogens (tertiary/aromatic N) is 2. The normalized spacial score (nSPS) is 14.0. The Hall–Kier alpha value is -3.00. The molecular formula is C22H25F2N3O3. The van der Waals surface area contributed by atoms with Gasteiger partial charge in [0.25, 0.3) is 0 Å². The lowest BCUT2D eigenvalue weighted by molar-refractivity contribution is -0.120. The standard InChI is InChI=1S/C22H25F2N3O3/c1-21(2,3)27-17-12-15(30-19(23)24)10-11-16(17)25-20(27)26-18(28)13-22(4,29)14-8-6-5-7-9-14/h5-12,19,29H,13H2,1-4H3,(H,25,26,28). The molecule has 1 unspecified atom stereocenters. The number of nitrogens with one attached hydrogen (secondary N) is 1. The van der Waals surface area contributed by atoms with Crippen LogP contribution in [0.3, 0.4) is 0 Å². The minimum atomic E-state index is -2.94. The van der Waals surface area contributed by atoms with E-state index >= 15 is 0 Å². The highest BCUT2D eigenvalue weighted by Crippen LogP contribution is 2.32. The smallest absolute Gasteiger partial charge is 0.387 e. The summed E-state index contributed by atoms with van der Waals surface area (Å²) in [5.74, 6) is -0.151. The van der Waals surface area contributed by atoms with Crippen molar-refractivity contribution >= 4 is 22.9 Å². The lowest BCUT2D eigenvalue weighted by Crippen LogP contribution is -2.31. The number of amides is 1. The van der Waals surface area contributed by atoms with Crippen molar-refractivity contribution in [2.75, 3.05) is 5.32 Å². The second-order valence-corrected chi connectivity index (χ2v) is 8.34. The Bertz CT molecular complexity index is 1040. The van der Waals surface area contributed by atoms with Crippen LogP contribution < -0.4 is 10.1 Å². The highest BCUT2D eigenvalue weighted by atomic mass is 19.3. The highest BCUT2D eigenvalue weighted by molar-refractivity contribution is 5.92. The van der Waals surface area contributed by atoms with Crippen molar-refractivity contribution in [3.8, 4) is 5.75 Å². The topological polar surface area (TPSA) is 76.4 Å². The molecule has 0 aliphatic rings. The summed E-state index contributed by atoms with van der Waals surface area (Å²) < 4.78 is 31.5. The van der Waals surface area contributed by atoms with Gasteiger partial charge >= 0.3 is 6.61 Å². The molecule has 1 aromatic heterocycles. The summed E-state index contributed by atoms with van der Waals surface area (Å²) in [7, 11) is 0. The van der Waals surface area contributed by atoms with Crippen molar-refractivity contribution in [2.24, 2.45) is 0 Å². The molecule has 3 rings (SSSR count). The van der Waals surface area contributed by atoms with Crippen molar-refractivity contribution in [1.29, 1.82) is 0 Å². The van der Waals surface area contributed by atoms with Gasteiger partial charge in [0.05, 0.1) is 23.1 Å². The summed E-state index contributed by atoms with van der Waals surface area (Å²) in [6, 6.07) is 13.3. The van der Waals surface area contributed by atoms with E-state index in [0.29, 0.717) is 16.6 Å². The van der Waals surface area contributed by atoms with Gasteiger partial charge in [-0.2, -0.15) is 8.78 Å². The van der Waals surface area contributed by atoms with Crippen LogP contribution in [-0.4, -0.2) is 27.2 Å². The number of hydrogen-bond donors (Lipinski definition) is 2. The molecule has 3 aromatic rings. The zero-order chi connectivity index (χ0) is 22.1. The summed E-state index contributed by atoms with van der Waals surface area (Å²) in [5, 5.41) is 13.5. The first kappa shape index (κ1) is 21.7. The van der Waals surface area contributed by atoms with Crippen LogP contribution in [-0.2, 0) is 15.9 Å². The van der Waals surface area contributed by atoms with Gasteiger partial charge in [0.2, 0.25) is 11.9 Å². The van der Waals surface area contributed by atoms with E-state index in [1.54, 1.807) is 41.8 Å². The molecule has 6 nitrogen and oxygen atoms in total. The fourth-order valence-electron chi connectivity index (χ4n) is 3.37. The van der Waals surface area contributed by atoms with Crippen LogP contribution in [0.4, 0.5) is 14.7 Å². The molecule has 0 saturated carbocycles. The number of aliphatic hydroxyl groups is 1. The number of ether oxygens (including phenoxy) is 1. The van der Waals surface area contributed by atoms with E-state index in [0.717, 1.165) is 0 Å². The minimum absolute atomic E-state index is 0.00721. The monoisotopic (exact) mass is 417 g/mol. The van der Waals surface area contributed by atoms with Crippen LogP contribution in [0.2, 0.25) is 0 Å². The van der Waals surface area contributed by atoms with Crippen LogP contribution in [0, 0.1) is 0 Å². The molecule has 2 N–H and O–H groups in total. The molecule has 0 bridgehead atoms. The largest absolute Gasteiger partial charge is 0.435 e. The zero-order valence-electron chi connectivity index (χ0n) is 17.3. The van der Waals surface area contributed by atoms with Gasteiger partial charge in [0, 0.05) is 11.6 Å². The van der Waals surface area contributed by atoms with Crippen molar-refractivity contribution in [1.82, 2.24) is 9.55 Å². The van der Waals surface area contributed by atoms with E-state index in [4.69, 9.17) is 0 Å². The van der Waals surface area contributed by atoms with Crippen LogP contribution in [0.5, 0.6) is 5.75 Å². The number of benzene rings is 2. The number of rotatable bonds is 6. The molecule has 0 spiro atoms. The molecule has 1 heterocycles. The van der Waals surface area contributed by atoms with Gasteiger partial charge in [0.15, 0.2) is 0 Å². The lowest BCUT2D eigenvalue weighted by Gasteiger charge is -2.26. The molecule has 2 aromatic carbocycles. The Morgan fingerprint density at radius 1 is 1.17 bits per heavy atom. The van der Waals surface area contributed by atoms with Gasteiger partial charge in [0.1, 0.15) is 5.75 Å². The number of anilines is 1. The van der Waals surface area contributed by atoms with Crippen molar-refractivity contribution < 1.29 is 23.4 Å². The summed E-state index contributed by atoms with van der Waals surface area (Å²) in [5.41, 5.74) is -0.175. The number of imidazole rings is 1. The average molecular weight is 417 g/mol. The van der Waals surface area contributed by atoms with Gasteiger partial charge in [-0.05, 0) is 45.4 Å². The first-order valence-corrected chi connectivity index (χ1v) is 9.53. The van der Waals surface area contributed by atoms with Crippen molar-refractivity contribution in [3.63, 3.8) is 0 Å². The third-order valence-electron chi connectivity index (χ3n) is 4.67. The maximum atomic E-state index is 12.7. The Morgan fingerprint density at radius 2 is 1.83 bits per heavy atom. The molecule has 160 valence electrons. The van der Waals surface area contributed by atoms with E-state index in [2.05, 4.69) is 15.0 Å². The lowest BCUT2D eigenvalue weighted by atomic mass is 9.92. The number of alkyl halides is 2. The Morgan fingerprint density at radius 3 is 2.43 bits per heavy atom. The van der Waals surface area contributed by atoms with Gasteiger partial charge in [-0.15, -0.1) is 0 Å². The molecule has 0 aliphatic heterocycles. The fraction of sp³-hybridized carbons (Fsp3) is 0.364. The number of halogens is 2. The number of carbonyl (C=O) groups excluding carboxylic acids is 1. The summed E-state index contributed by atoms with van der Waals surface area (Å²) in [6.45, 7) is 4.36. The van der Waals surface area contributed by atoms with Crippen molar-refractivity contribution in [3.05, 3.63) is 54.1 Å². The first-order chi connectivity index (χ1) is 14.0. The number of aromatic nitrogens is 2. The summed E-state index contributed by atoms with van der Waals surface area (Å²) in [6.07, 6.45) is -0.176. The molecule has 1 atom stereocenters. The minimum Gasteiger partial charge on any atom is -0.435 e. The Labute approximate surface area is 173 Å². The Kier molecular flexibility index (Phi) is 5.81. The van der Waals surface area contributed by atoms with Crippen LogP contribution in [0.25, 0.3) is 11.0 Å². The van der Waals surface area contributed by atoms with Gasteiger partial charge in [-0.25, -0.2) is 4.98 Å². The third kappa shape index (κ3) is 4.76. The van der Waals surface area contributed by atoms with Gasteiger partial charge in [-0.3, -0.25) is 10.1 Å². The number of carbonyl (C=O) groups is 1. The van der Waals surface area contributed by atoms with Gasteiger partial charge in [-0.1, -0.05) is 30.3 Å².